The van der Waals surface area contributed by atoms with Gasteiger partial charge in [-0.15, -0.1) is 0 Å². The van der Waals surface area contributed by atoms with Crippen molar-refractivity contribution in [3.63, 3.8) is 0 Å². The molecule has 0 atom stereocenters. The van der Waals surface area contributed by atoms with Gasteiger partial charge in [0.2, 0.25) is 0 Å². The highest BCUT2D eigenvalue weighted by Gasteiger charge is 2.14. The molecule has 4 aromatic rings. The fraction of sp³-hybridized carbons (Fsp3) is 0.0833. The number of hydrogen-bond donors (Lipinski definition) is 1. The first-order chi connectivity index (χ1) is 13.2. The number of aromatic nitrogens is 1. The number of aryl methyl sites for hydroxylation is 1. The van der Waals surface area contributed by atoms with Gasteiger partial charge in [-0.05, 0) is 30.7 Å². The molecule has 0 aliphatic rings. The molecule has 3 nitrogen and oxygen atoms in total. The zero-order chi connectivity index (χ0) is 18.6. The maximum Gasteiger partial charge on any atom is 0.252 e. The highest BCUT2D eigenvalue weighted by molar-refractivity contribution is 6.07. The molecule has 0 spiro atoms. The molecule has 0 unspecified atom stereocenters. The lowest BCUT2D eigenvalue weighted by Gasteiger charge is -2.11. The predicted octanol–water partition coefficient (Wildman–Crippen LogP) is 5.14. The number of rotatable bonds is 4. The molecule has 0 radical (unpaired) electrons. The Balaban J connectivity index is 1.75. The molecule has 3 aromatic carbocycles. The summed E-state index contributed by atoms with van der Waals surface area (Å²) < 4.78 is 0. The van der Waals surface area contributed by atoms with E-state index in [4.69, 9.17) is 4.98 Å². The predicted molar refractivity (Wildman–Crippen MR) is 110 cm³/mol. The summed E-state index contributed by atoms with van der Waals surface area (Å²) in [6.07, 6.45) is 0. The van der Waals surface area contributed by atoms with E-state index >= 15 is 0 Å². The number of fused-ring (bicyclic) bond motifs is 1. The van der Waals surface area contributed by atoms with Crippen LogP contribution in [-0.4, -0.2) is 10.9 Å². The Kier molecular flexibility index (Phi) is 4.67. The molecule has 132 valence electrons. The molecular formula is C24H20N2O. The van der Waals surface area contributed by atoms with E-state index in [2.05, 4.69) is 5.32 Å². The summed E-state index contributed by atoms with van der Waals surface area (Å²) >= 11 is 0. The molecule has 1 amide bonds. The monoisotopic (exact) mass is 352 g/mol. The molecule has 1 N–H and O–H groups in total. The van der Waals surface area contributed by atoms with Crippen LogP contribution < -0.4 is 5.32 Å². The summed E-state index contributed by atoms with van der Waals surface area (Å²) in [6, 6.07) is 27.8. The third-order valence-electron chi connectivity index (χ3n) is 4.57. The minimum atomic E-state index is -0.0889. The summed E-state index contributed by atoms with van der Waals surface area (Å²) in [5, 5.41) is 3.91. The lowest BCUT2D eigenvalue weighted by molar-refractivity contribution is 0.0952. The van der Waals surface area contributed by atoms with Crippen LogP contribution in [0.3, 0.4) is 0 Å². The third kappa shape index (κ3) is 3.72. The Hall–Kier alpha value is -3.46. The summed E-state index contributed by atoms with van der Waals surface area (Å²) in [4.78, 5) is 17.8. The number of hydrogen-bond acceptors (Lipinski definition) is 2. The summed E-state index contributed by atoms with van der Waals surface area (Å²) in [5.41, 5.74) is 5.46. The fourth-order valence-electron chi connectivity index (χ4n) is 3.16. The topological polar surface area (TPSA) is 42.0 Å². The van der Waals surface area contributed by atoms with Gasteiger partial charge >= 0.3 is 0 Å². The smallest absolute Gasteiger partial charge is 0.252 e. The first-order valence-corrected chi connectivity index (χ1v) is 9.00. The Morgan fingerprint density at radius 1 is 0.889 bits per heavy atom. The first kappa shape index (κ1) is 17.0. The van der Waals surface area contributed by atoms with E-state index in [-0.39, 0.29) is 5.91 Å². The lowest BCUT2D eigenvalue weighted by Crippen LogP contribution is -2.23. The van der Waals surface area contributed by atoms with Gasteiger partial charge < -0.3 is 5.32 Å². The SMILES string of the molecule is Cc1ccc2nc(-c3ccccc3)cc(C(=O)NCc3ccccc3)c2c1. The number of carbonyl (C=O) groups excluding carboxylic acids is 1. The zero-order valence-electron chi connectivity index (χ0n) is 15.1. The van der Waals surface area contributed by atoms with Crippen molar-refractivity contribution < 1.29 is 4.79 Å². The van der Waals surface area contributed by atoms with Gasteiger partial charge in [-0.25, -0.2) is 4.98 Å². The van der Waals surface area contributed by atoms with Gasteiger partial charge in [-0.1, -0.05) is 72.3 Å². The first-order valence-electron chi connectivity index (χ1n) is 9.00. The fourth-order valence-corrected chi connectivity index (χ4v) is 3.16. The third-order valence-corrected chi connectivity index (χ3v) is 4.57. The number of amides is 1. The van der Waals surface area contributed by atoms with Crippen molar-refractivity contribution in [3.05, 3.63) is 102 Å². The highest BCUT2D eigenvalue weighted by atomic mass is 16.1. The summed E-state index contributed by atoms with van der Waals surface area (Å²) in [6.45, 7) is 2.52. The van der Waals surface area contributed by atoms with Crippen molar-refractivity contribution in [2.45, 2.75) is 13.5 Å². The van der Waals surface area contributed by atoms with Crippen molar-refractivity contribution in [1.82, 2.24) is 10.3 Å². The molecule has 1 heterocycles. The van der Waals surface area contributed by atoms with Gasteiger partial charge in [0.05, 0.1) is 16.8 Å². The Bertz CT molecular complexity index is 1090. The summed E-state index contributed by atoms with van der Waals surface area (Å²) in [5.74, 6) is -0.0889. The van der Waals surface area contributed by atoms with Crippen molar-refractivity contribution in [1.29, 1.82) is 0 Å². The van der Waals surface area contributed by atoms with E-state index in [1.165, 1.54) is 0 Å². The van der Waals surface area contributed by atoms with Crippen LogP contribution in [-0.2, 0) is 6.54 Å². The average Bonchev–Trinajstić information content (AvgIpc) is 2.72. The van der Waals surface area contributed by atoms with Crippen LogP contribution in [0, 0.1) is 6.92 Å². The molecule has 0 saturated heterocycles. The van der Waals surface area contributed by atoms with Gasteiger partial charge in [0.25, 0.3) is 5.91 Å². The number of carbonyl (C=O) groups is 1. The second-order valence-electron chi connectivity index (χ2n) is 6.61. The standard InChI is InChI=1S/C24H20N2O/c1-17-12-13-22-20(14-17)21(15-23(26-22)19-10-6-3-7-11-19)24(27)25-16-18-8-4-2-5-9-18/h2-15H,16H2,1H3,(H,25,27). The van der Waals surface area contributed by atoms with Crippen LogP contribution >= 0.6 is 0 Å². The van der Waals surface area contributed by atoms with Gasteiger partial charge in [0, 0.05) is 17.5 Å². The van der Waals surface area contributed by atoms with E-state index < -0.39 is 0 Å². The number of pyridine rings is 1. The van der Waals surface area contributed by atoms with E-state index in [0.717, 1.165) is 33.3 Å². The van der Waals surface area contributed by atoms with Crippen LogP contribution in [0.1, 0.15) is 21.5 Å². The maximum atomic E-state index is 13.0. The molecule has 0 fully saturated rings. The van der Waals surface area contributed by atoms with Gasteiger partial charge in [-0.3, -0.25) is 4.79 Å². The van der Waals surface area contributed by atoms with Crippen LogP contribution in [0.25, 0.3) is 22.2 Å². The largest absolute Gasteiger partial charge is 0.348 e. The molecule has 0 bridgehead atoms. The summed E-state index contributed by atoms with van der Waals surface area (Å²) in [7, 11) is 0. The quantitative estimate of drug-likeness (QED) is 0.552. The average molecular weight is 352 g/mol. The molecule has 0 aliphatic carbocycles. The van der Waals surface area contributed by atoms with Crippen molar-refractivity contribution in [3.8, 4) is 11.3 Å². The van der Waals surface area contributed by atoms with E-state index in [1.807, 2.05) is 91.9 Å². The van der Waals surface area contributed by atoms with Crippen LogP contribution in [0.5, 0.6) is 0 Å². The number of benzene rings is 3. The maximum absolute atomic E-state index is 13.0. The second kappa shape index (κ2) is 7.42. The van der Waals surface area contributed by atoms with Gasteiger partial charge in [0.15, 0.2) is 0 Å². The van der Waals surface area contributed by atoms with E-state index in [0.29, 0.717) is 12.1 Å². The van der Waals surface area contributed by atoms with Crippen molar-refractivity contribution >= 4 is 16.8 Å². The second-order valence-corrected chi connectivity index (χ2v) is 6.61. The minimum Gasteiger partial charge on any atom is -0.348 e. The Morgan fingerprint density at radius 2 is 1.59 bits per heavy atom. The van der Waals surface area contributed by atoms with E-state index in [1.54, 1.807) is 0 Å². The molecular weight excluding hydrogens is 332 g/mol. The van der Waals surface area contributed by atoms with Gasteiger partial charge in [-0.2, -0.15) is 0 Å². The van der Waals surface area contributed by atoms with Crippen molar-refractivity contribution in [2.75, 3.05) is 0 Å². The molecule has 27 heavy (non-hydrogen) atoms. The lowest BCUT2D eigenvalue weighted by atomic mass is 10.0. The van der Waals surface area contributed by atoms with Crippen LogP contribution in [0.2, 0.25) is 0 Å². The number of nitrogens with one attached hydrogen (secondary N) is 1. The van der Waals surface area contributed by atoms with Crippen LogP contribution in [0.4, 0.5) is 0 Å². The van der Waals surface area contributed by atoms with Crippen LogP contribution in [0.15, 0.2) is 84.9 Å². The van der Waals surface area contributed by atoms with E-state index in [9.17, 15) is 4.79 Å². The van der Waals surface area contributed by atoms with Gasteiger partial charge in [0.1, 0.15) is 0 Å². The normalized spacial score (nSPS) is 10.7. The van der Waals surface area contributed by atoms with Crippen molar-refractivity contribution in [2.24, 2.45) is 0 Å². The molecule has 0 aliphatic heterocycles. The Morgan fingerprint density at radius 3 is 2.33 bits per heavy atom. The zero-order valence-corrected chi connectivity index (χ0v) is 15.1. The highest BCUT2D eigenvalue weighted by Crippen LogP contribution is 2.25. The Labute approximate surface area is 158 Å². The molecule has 0 saturated carbocycles. The molecule has 1 aromatic heterocycles. The minimum absolute atomic E-state index is 0.0889. The molecule has 4 rings (SSSR count). The number of nitrogens with zero attached hydrogens (tertiary/aromatic N) is 1. The molecule has 3 heteroatoms.